The van der Waals surface area contributed by atoms with Crippen LogP contribution in [0.5, 0.6) is 0 Å². The van der Waals surface area contributed by atoms with Gasteiger partial charge in [-0.05, 0) is 24.6 Å². The van der Waals surface area contributed by atoms with Crippen molar-refractivity contribution in [3.8, 4) is 0 Å². The number of amides is 1. The summed E-state index contributed by atoms with van der Waals surface area (Å²) in [6, 6.07) is 5.25. The summed E-state index contributed by atoms with van der Waals surface area (Å²) in [7, 11) is -0.849. The van der Waals surface area contributed by atoms with Gasteiger partial charge in [-0.15, -0.1) is 0 Å². The molecule has 17 heavy (non-hydrogen) atoms. The van der Waals surface area contributed by atoms with Crippen molar-refractivity contribution in [2.75, 3.05) is 23.8 Å². The average molecular weight is 254 g/mol. The molecule has 0 aliphatic heterocycles. The van der Waals surface area contributed by atoms with Gasteiger partial charge in [0.2, 0.25) is 0 Å². The quantitative estimate of drug-likeness (QED) is 0.772. The molecule has 0 fully saturated rings. The summed E-state index contributed by atoms with van der Waals surface area (Å²) in [5.41, 5.74) is 7.69. The second-order valence-corrected chi connectivity index (χ2v) is 5.57. The van der Waals surface area contributed by atoms with Crippen LogP contribution in [0.25, 0.3) is 0 Å². The van der Waals surface area contributed by atoms with Crippen LogP contribution in [-0.2, 0) is 10.8 Å². The summed E-state index contributed by atoms with van der Waals surface area (Å²) in [5, 5.41) is 2.74. The normalized spacial score (nSPS) is 12.1. The van der Waals surface area contributed by atoms with Crippen molar-refractivity contribution in [1.29, 1.82) is 0 Å². The van der Waals surface area contributed by atoms with E-state index in [1.54, 1.807) is 18.2 Å². The summed E-state index contributed by atoms with van der Waals surface area (Å²) in [4.78, 5) is 11.8. The lowest BCUT2D eigenvalue weighted by Crippen LogP contribution is -2.28. The molecule has 0 aliphatic carbocycles. The number of carbonyl (C=O) groups excluding carboxylic acids is 1. The minimum absolute atomic E-state index is 0.164. The zero-order chi connectivity index (χ0) is 12.8. The summed E-state index contributed by atoms with van der Waals surface area (Å²) >= 11 is 0. The van der Waals surface area contributed by atoms with E-state index in [0.717, 1.165) is 5.56 Å². The van der Waals surface area contributed by atoms with E-state index >= 15 is 0 Å². The highest BCUT2D eigenvalue weighted by Crippen LogP contribution is 2.14. The van der Waals surface area contributed by atoms with Crippen LogP contribution in [0, 0.1) is 6.92 Å². The molecule has 1 unspecified atom stereocenters. The Labute approximate surface area is 104 Å². The molecule has 94 valence electrons. The Morgan fingerprint density at radius 1 is 1.47 bits per heavy atom. The third-order valence-corrected chi connectivity index (χ3v) is 3.86. The molecule has 5 heteroatoms. The third kappa shape index (κ3) is 3.85. The van der Waals surface area contributed by atoms with Gasteiger partial charge in [-0.3, -0.25) is 9.00 Å². The fourth-order valence-corrected chi connectivity index (χ4v) is 2.04. The molecule has 0 saturated carbocycles. The number of nitrogens with one attached hydrogen (secondary N) is 1. The van der Waals surface area contributed by atoms with Gasteiger partial charge in [0, 0.05) is 40.1 Å². The maximum atomic E-state index is 11.8. The second kappa shape index (κ2) is 6.39. The number of hydrogen-bond acceptors (Lipinski definition) is 3. The molecular weight excluding hydrogens is 236 g/mol. The van der Waals surface area contributed by atoms with Crippen molar-refractivity contribution < 1.29 is 9.00 Å². The fraction of sp³-hybridized carbons (Fsp3) is 0.417. The van der Waals surface area contributed by atoms with Gasteiger partial charge < -0.3 is 11.1 Å². The molecule has 1 aromatic carbocycles. The maximum absolute atomic E-state index is 11.8. The Kier molecular flexibility index (Phi) is 5.15. The number of benzene rings is 1. The average Bonchev–Trinajstić information content (AvgIpc) is 2.32. The van der Waals surface area contributed by atoms with E-state index in [9.17, 15) is 9.00 Å². The van der Waals surface area contributed by atoms with E-state index in [4.69, 9.17) is 5.73 Å². The fourth-order valence-electron chi connectivity index (χ4n) is 1.42. The predicted octanol–water partition coefficient (Wildman–Crippen LogP) is 1.08. The molecule has 1 amide bonds. The first-order valence-electron chi connectivity index (χ1n) is 5.54. The van der Waals surface area contributed by atoms with Gasteiger partial charge in [-0.2, -0.15) is 0 Å². The summed E-state index contributed by atoms with van der Waals surface area (Å²) in [6.45, 7) is 4.10. The van der Waals surface area contributed by atoms with Crippen LogP contribution in [0.3, 0.4) is 0 Å². The van der Waals surface area contributed by atoms with Crippen LogP contribution in [0.4, 0.5) is 5.69 Å². The highest BCUT2D eigenvalue weighted by molar-refractivity contribution is 7.84. The highest BCUT2D eigenvalue weighted by atomic mass is 32.2. The number of nitrogens with two attached hydrogens (primary N) is 1. The van der Waals surface area contributed by atoms with Gasteiger partial charge in [0.25, 0.3) is 5.91 Å². The molecule has 0 saturated heterocycles. The number of anilines is 1. The number of hydrogen-bond donors (Lipinski definition) is 2. The molecule has 1 atom stereocenters. The van der Waals surface area contributed by atoms with Gasteiger partial charge in [0.05, 0.1) is 0 Å². The van der Waals surface area contributed by atoms with Crippen molar-refractivity contribution in [1.82, 2.24) is 5.32 Å². The van der Waals surface area contributed by atoms with E-state index in [0.29, 0.717) is 29.3 Å². The van der Waals surface area contributed by atoms with Crippen LogP contribution in [0.2, 0.25) is 0 Å². The molecule has 0 aliphatic rings. The van der Waals surface area contributed by atoms with E-state index in [1.165, 1.54) is 0 Å². The summed E-state index contributed by atoms with van der Waals surface area (Å²) in [6.07, 6.45) is 0. The molecule has 0 radical (unpaired) electrons. The molecule has 0 spiro atoms. The number of rotatable bonds is 5. The molecule has 0 bridgehead atoms. The van der Waals surface area contributed by atoms with Crippen molar-refractivity contribution >= 4 is 22.4 Å². The summed E-state index contributed by atoms with van der Waals surface area (Å²) in [5.74, 6) is 0.944. The molecular formula is C12H18N2O2S. The van der Waals surface area contributed by atoms with E-state index in [1.807, 2.05) is 13.8 Å². The minimum Gasteiger partial charge on any atom is -0.398 e. The third-order valence-electron chi connectivity index (χ3n) is 2.56. The first-order valence-corrected chi connectivity index (χ1v) is 7.03. The lowest BCUT2D eigenvalue weighted by Gasteiger charge is -2.08. The van der Waals surface area contributed by atoms with Crippen molar-refractivity contribution in [3.63, 3.8) is 0 Å². The Hall–Kier alpha value is -1.36. The smallest absolute Gasteiger partial charge is 0.251 e. The topological polar surface area (TPSA) is 72.2 Å². The Morgan fingerprint density at radius 2 is 2.18 bits per heavy atom. The van der Waals surface area contributed by atoms with Gasteiger partial charge in [-0.1, -0.05) is 13.0 Å². The lowest BCUT2D eigenvalue weighted by molar-refractivity contribution is 0.0955. The zero-order valence-electron chi connectivity index (χ0n) is 10.2. The highest BCUT2D eigenvalue weighted by Gasteiger charge is 2.09. The SMILES string of the molecule is CCS(=O)CCNC(=O)c1cccc(N)c1C. The van der Waals surface area contributed by atoms with Crippen molar-refractivity contribution in [2.45, 2.75) is 13.8 Å². The van der Waals surface area contributed by atoms with Crippen LogP contribution in [-0.4, -0.2) is 28.2 Å². The van der Waals surface area contributed by atoms with E-state index < -0.39 is 10.8 Å². The van der Waals surface area contributed by atoms with Crippen molar-refractivity contribution in [3.05, 3.63) is 29.3 Å². The Bertz CT molecular complexity index is 433. The number of carbonyl (C=O) groups is 1. The Balaban J connectivity index is 2.59. The molecule has 1 rings (SSSR count). The molecule has 0 aromatic heterocycles. The molecule has 0 heterocycles. The van der Waals surface area contributed by atoms with Crippen LogP contribution in [0.15, 0.2) is 18.2 Å². The maximum Gasteiger partial charge on any atom is 0.251 e. The van der Waals surface area contributed by atoms with Crippen LogP contribution in [0.1, 0.15) is 22.8 Å². The zero-order valence-corrected chi connectivity index (χ0v) is 11.0. The van der Waals surface area contributed by atoms with Crippen molar-refractivity contribution in [2.24, 2.45) is 0 Å². The van der Waals surface area contributed by atoms with Crippen LogP contribution < -0.4 is 11.1 Å². The van der Waals surface area contributed by atoms with Gasteiger partial charge in [0.1, 0.15) is 0 Å². The van der Waals surface area contributed by atoms with Crippen LogP contribution >= 0.6 is 0 Å². The van der Waals surface area contributed by atoms with E-state index in [2.05, 4.69) is 5.32 Å². The van der Waals surface area contributed by atoms with Gasteiger partial charge in [-0.25, -0.2) is 0 Å². The molecule has 3 N–H and O–H groups in total. The standard InChI is InChI=1S/C12H18N2O2S/c1-3-17(16)8-7-14-12(15)10-5-4-6-11(13)9(10)2/h4-6H,3,7-8,13H2,1-2H3,(H,14,15). The minimum atomic E-state index is -0.849. The molecule has 1 aromatic rings. The molecule has 4 nitrogen and oxygen atoms in total. The van der Waals surface area contributed by atoms with Gasteiger partial charge >= 0.3 is 0 Å². The first kappa shape index (κ1) is 13.7. The summed E-state index contributed by atoms with van der Waals surface area (Å²) < 4.78 is 11.2. The van der Waals surface area contributed by atoms with Gasteiger partial charge in [0.15, 0.2) is 0 Å². The predicted molar refractivity (Wildman–Crippen MR) is 71.5 cm³/mol. The largest absolute Gasteiger partial charge is 0.398 e. The number of nitrogen functional groups attached to an aromatic ring is 1. The lowest BCUT2D eigenvalue weighted by atomic mass is 10.1. The van der Waals surface area contributed by atoms with E-state index in [-0.39, 0.29) is 5.91 Å². The monoisotopic (exact) mass is 254 g/mol. The second-order valence-electron chi connectivity index (χ2n) is 3.71. The Morgan fingerprint density at radius 3 is 2.82 bits per heavy atom. The first-order chi connectivity index (χ1) is 8.06.